The van der Waals surface area contributed by atoms with Crippen molar-refractivity contribution >= 4 is 43.0 Å². The molecule has 2 aliphatic carbocycles. The molecule has 3 unspecified atom stereocenters. The summed E-state index contributed by atoms with van der Waals surface area (Å²) in [5.74, 6) is -1.74. The van der Waals surface area contributed by atoms with Crippen molar-refractivity contribution in [2.45, 2.75) is 104 Å². The van der Waals surface area contributed by atoms with Crippen molar-refractivity contribution in [3.05, 3.63) is 41.2 Å². The summed E-state index contributed by atoms with van der Waals surface area (Å²) in [5.41, 5.74) is 4.30. The highest BCUT2D eigenvalue weighted by molar-refractivity contribution is 6.55. The van der Waals surface area contributed by atoms with Gasteiger partial charge in [-0.15, -0.1) is 5.10 Å². The molecule has 4 rings (SSSR count). The predicted molar refractivity (Wildman–Crippen MR) is 187 cm³/mol. The summed E-state index contributed by atoms with van der Waals surface area (Å²) in [7, 11) is 4.96. The topological polar surface area (TPSA) is 192 Å². The zero-order chi connectivity index (χ0) is 37.3. The Labute approximate surface area is 300 Å². The summed E-state index contributed by atoms with van der Waals surface area (Å²) >= 11 is 0. The molecule has 0 bridgehead atoms. The van der Waals surface area contributed by atoms with Crippen molar-refractivity contribution in [1.82, 2.24) is 31.1 Å². The number of nitrogens with one attached hydrogen (secondary N) is 4. The normalized spacial score (nSPS) is 17.5. The van der Waals surface area contributed by atoms with E-state index in [9.17, 15) is 24.0 Å². The molecule has 1 saturated carbocycles. The first-order valence-corrected chi connectivity index (χ1v) is 17.4. The van der Waals surface area contributed by atoms with E-state index in [-0.39, 0.29) is 32.0 Å². The van der Waals surface area contributed by atoms with Crippen molar-refractivity contribution in [3.63, 3.8) is 0 Å². The number of fused-ring (bicyclic) bond motifs is 2. The van der Waals surface area contributed by atoms with Crippen LogP contribution in [0.25, 0.3) is 0 Å². The first-order chi connectivity index (χ1) is 24.0. The standard InChI is InChI=1S/C35H50BN7O8/c1-21(2)31(32(47)38-17-29(45)39-25-11-7-22(8-12-25)19-49-33(36)48)51-41-30(46)18-37-28(44)16-35(5,6)50-20-34(3,4)43-27-14-10-24-15-23(24)9-13-26(27)40-42-43/h7-8,11-12,21,23-24,31H,9-10,13-20H2,1-6H3,(H,37,44)(H,38,47)(H,39,45)(H,41,46). The van der Waals surface area contributed by atoms with Crippen LogP contribution in [0.5, 0.6) is 0 Å². The Hall–Kier alpha value is -4.31. The third-order valence-electron chi connectivity index (χ3n) is 9.04. The monoisotopic (exact) mass is 707 g/mol. The van der Waals surface area contributed by atoms with Crippen LogP contribution >= 0.6 is 0 Å². The molecule has 4 N–H and O–H groups in total. The third-order valence-corrected chi connectivity index (χ3v) is 9.04. The van der Waals surface area contributed by atoms with E-state index in [0.29, 0.717) is 17.9 Å². The van der Waals surface area contributed by atoms with Gasteiger partial charge in [0.15, 0.2) is 6.10 Å². The molecule has 2 aliphatic rings. The van der Waals surface area contributed by atoms with E-state index < -0.39 is 46.7 Å². The van der Waals surface area contributed by atoms with Crippen LogP contribution in [0.4, 0.5) is 10.5 Å². The van der Waals surface area contributed by atoms with Crippen LogP contribution in [0, 0.1) is 17.8 Å². The van der Waals surface area contributed by atoms with Gasteiger partial charge < -0.3 is 25.4 Å². The Morgan fingerprint density at radius 3 is 2.27 bits per heavy atom. The van der Waals surface area contributed by atoms with Gasteiger partial charge in [-0.05, 0) is 95.2 Å². The minimum Gasteiger partial charge on any atom is -0.470 e. The van der Waals surface area contributed by atoms with Crippen LogP contribution < -0.4 is 21.4 Å². The second kappa shape index (κ2) is 17.3. The number of hydrogen-bond acceptors (Lipinski definition) is 10. The second-order valence-electron chi connectivity index (χ2n) is 14.9. The molecule has 2 radical (unpaired) electrons. The average Bonchev–Trinajstić information content (AvgIpc) is 3.67. The van der Waals surface area contributed by atoms with Crippen LogP contribution in [0.15, 0.2) is 24.3 Å². The van der Waals surface area contributed by atoms with Crippen molar-refractivity contribution < 1.29 is 38.3 Å². The highest BCUT2D eigenvalue weighted by Crippen LogP contribution is 2.46. The first-order valence-electron chi connectivity index (χ1n) is 17.4. The lowest BCUT2D eigenvalue weighted by Gasteiger charge is -2.32. The van der Waals surface area contributed by atoms with Crippen molar-refractivity contribution in [3.8, 4) is 0 Å². The largest absolute Gasteiger partial charge is 0.470 e. The lowest BCUT2D eigenvalue weighted by atomic mass is 9.99. The van der Waals surface area contributed by atoms with Gasteiger partial charge in [0.2, 0.25) is 25.5 Å². The number of hydroxylamine groups is 1. The maximum Gasteiger partial charge on any atom is 0.262 e. The van der Waals surface area contributed by atoms with Crippen molar-refractivity contribution in [1.29, 1.82) is 0 Å². The summed E-state index contributed by atoms with van der Waals surface area (Å²) in [6.45, 7) is 10.7. The van der Waals surface area contributed by atoms with E-state index in [2.05, 4.69) is 45.6 Å². The molecular weight excluding hydrogens is 657 g/mol. The molecule has 1 heterocycles. The summed E-state index contributed by atoms with van der Waals surface area (Å²) in [4.78, 5) is 66.5. The van der Waals surface area contributed by atoms with Crippen LogP contribution in [-0.4, -0.2) is 83.7 Å². The van der Waals surface area contributed by atoms with Crippen LogP contribution in [-0.2, 0) is 58.5 Å². The average molecular weight is 708 g/mol. The number of nitrogens with zero attached hydrogens (tertiary/aromatic N) is 3. The Bertz CT molecular complexity index is 1560. The fraction of sp³-hybridized carbons (Fsp3) is 0.629. The summed E-state index contributed by atoms with van der Waals surface area (Å²) in [6.07, 6.45) is 4.47. The van der Waals surface area contributed by atoms with Gasteiger partial charge in [-0.3, -0.25) is 28.8 Å². The lowest BCUT2D eigenvalue weighted by molar-refractivity contribution is -0.152. The van der Waals surface area contributed by atoms with E-state index >= 15 is 0 Å². The van der Waals surface area contributed by atoms with E-state index in [1.807, 2.05) is 18.5 Å². The van der Waals surface area contributed by atoms with Gasteiger partial charge in [0.25, 0.3) is 11.8 Å². The highest BCUT2D eigenvalue weighted by Gasteiger charge is 2.39. The molecular formula is C35H50BN7O8. The van der Waals surface area contributed by atoms with Gasteiger partial charge in [-0.2, -0.15) is 0 Å². The van der Waals surface area contributed by atoms with Gasteiger partial charge >= 0.3 is 0 Å². The zero-order valence-electron chi connectivity index (χ0n) is 30.4. The number of aryl methyl sites for hydroxylation is 1. The minimum atomic E-state index is -1.10. The Balaban J connectivity index is 1.15. The quantitative estimate of drug-likeness (QED) is 0.140. The van der Waals surface area contributed by atoms with E-state index in [1.165, 1.54) is 18.5 Å². The summed E-state index contributed by atoms with van der Waals surface area (Å²) in [6, 6.07) is 6.52. The number of carbonyl (C=O) groups excluding carboxylic acids is 5. The number of benzene rings is 1. The van der Waals surface area contributed by atoms with Gasteiger partial charge in [-0.1, -0.05) is 31.2 Å². The predicted octanol–water partition coefficient (Wildman–Crippen LogP) is 2.46. The van der Waals surface area contributed by atoms with Gasteiger partial charge in [0.05, 0.1) is 48.6 Å². The molecule has 0 spiro atoms. The van der Waals surface area contributed by atoms with Gasteiger partial charge in [0, 0.05) is 5.69 Å². The Morgan fingerprint density at radius 2 is 1.61 bits per heavy atom. The Morgan fingerprint density at radius 1 is 0.941 bits per heavy atom. The van der Waals surface area contributed by atoms with Crippen LogP contribution in [0.1, 0.15) is 84.2 Å². The number of rotatable bonds is 17. The van der Waals surface area contributed by atoms with E-state index in [0.717, 1.165) is 36.8 Å². The second-order valence-corrected chi connectivity index (χ2v) is 14.9. The lowest BCUT2D eigenvalue weighted by Crippen LogP contribution is -2.47. The molecule has 276 valence electrons. The smallest absolute Gasteiger partial charge is 0.262 e. The molecule has 1 fully saturated rings. The zero-order valence-corrected chi connectivity index (χ0v) is 30.4. The fourth-order valence-corrected chi connectivity index (χ4v) is 6.01. The number of hydrogen-bond donors (Lipinski definition) is 4. The van der Waals surface area contributed by atoms with Crippen LogP contribution in [0.2, 0.25) is 0 Å². The molecule has 0 aliphatic heterocycles. The number of amides is 4. The molecule has 1 aromatic heterocycles. The van der Waals surface area contributed by atoms with Gasteiger partial charge in [0.1, 0.15) is 6.61 Å². The molecule has 4 amide bonds. The maximum atomic E-state index is 12.8. The highest BCUT2D eigenvalue weighted by atomic mass is 16.7. The summed E-state index contributed by atoms with van der Waals surface area (Å²) in [5, 5.41) is 16.7. The summed E-state index contributed by atoms with van der Waals surface area (Å²) < 4.78 is 12.9. The number of carbonyl (C=O) groups is 5. The molecule has 16 heteroatoms. The van der Waals surface area contributed by atoms with Crippen molar-refractivity contribution in [2.75, 3.05) is 25.0 Å². The molecule has 51 heavy (non-hydrogen) atoms. The van der Waals surface area contributed by atoms with Gasteiger partial charge in [-0.25, -0.2) is 10.2 Å². The molecule has 3 atom stereocenters. The third kappa shape index (κ3) is 12.2. The molecule has 2 aromatic rings. The SMILES string of the molecule is [B]C(=O)OCc1ccc(NC(=O)CNC(=O)C(ONC(=O)CNC(=O)CC(C)(C)OCC(C)(C)n2nnc3c2CCC2CC2CC3)C(C)C)cc1. The molecule has 1 aromatic carbocycles. The number of aromatic nitrogens is 3. The van der Waals surface area contributed by atoms with E-state index in [4.69, 9.17) is 22.2 Å². The van der Waals surface area contributed by atoms with E-state index in [1.54, 1.807) is 38.1 Å². The number of ether oxygens (including phenoxy) is 2. The minimum absolute atomic E-state index is 0.00123. The maximum absolute atomic E-state index is 12.8. The molecule has 0 saturated heterocycles. The molecule has 15 nitrogen and oxygen atoms in total. The van der Waals surface area contributed by atoms with Crippen molar-refractivity contribution in [2.24, 2.45) is 17.8 Å². The Kier molecular flexibility index (Phi) is 13.4. The fourth-order valence-electron chi connectivity index (χ4n) is 6.01. The first kappa shape index (κ1) is 39.5. The number of anilines is 1. The van der Waals surface area contributed by atoms with Crippen LogP contribution in [0.3, 0.4) is 0 Å².